The molecule has 0 N–H and O–H groups in total. The fraction of sp³-hybridized carbons (Fsp3) is 0.524. The molecule has 1 aliphatic carbocycles. The zero-order valence-electron chi connectivity index (χ0n) is 14.6. The second-order valence-corrected chi connectivity index (χ2v) is 6.44. The third kappa shape index (κ3) is 4.03. The molecular weight excluding hydrogens is 266 g/mol. The second kappa shape index (κ2) is 8.22. The quantitative estimate of drug-likeness (QED) is 0.626. The van der Waals surface area contributed by atoms with Gasteiger partial charge >= 0.3 is 0 Å². The van der Waals surface area contributed by atoms with E-state index in [1.165, 1.54) is 60.1 Å². The molecule has 0 spiro atoms. The summed E-state index contributed by atoms with van der Waals surface area (Å²) >= 11 is 0. The van der Waals surface area contributed by atoms with Crippen LogP contribution in [0.15, 0.2) is 42.1 Å². The van der Waals surface area contributed by atoms with E-state index >= 15 is 0 Å². The number of hydrogen-bond donors (Lipinski definition) is 0. The molecule has 1 nitrogen and oxygen atoms in total. The molecule has 2 rings (SSSR count). The summed E-state index contributed by atoms with van der Waals surface area (Å²) in [5.41, 5.74) is 7.01. The molecule has 0 heterocycles. The minimum atomic E-state index is 1.07. The zero-order valence-corrected chi connectivity index (χ0v) is 14.6. The van der Waals surface area contributed by atoms with Crippen LogP contribution in [0.4, 0.5) is 0 Å². The zero-order chi connectivity index (χ0) is 15.9. The van der Waals surface area contributed by atoms with Crippen molar-refractivity contribution >= 4 is 5.57 Å². The Morgan fingerprint density at radius 3 is 2.36 bits per heavy atom. The van der Waals surface area contributed by atoms with Gasteiger partial charge in [0.2, 0.25) is 0 Å². The van der Waals surface area contributed by atoms with Crippen LogP contribution < -0.4 is 0 Å². The Kier molecular flexibility index (Phi) is 6.30. The van der Waals surface area contributed by atoms with Crippen LogP contribution in [0.1, 0.15) is 63.5 Å². The Hall–Kier alpha value is -1.50. The van der Waals surface area contributed by atoms with Gasteiger partial charge in [0, 0.05) is 18.8 Å². The summed E-state index contributed by atoms with van der Waals surface area (Å²) in [6.07, 6.45) is 7.37. The van der Waals surface area contributed by atoms with Crippen LogP contribution in [0.2, 0.25) is 0 Å². The van der Waals surface area contributed by atoms with Crippen LogP contribution in [0.5, 0.6) is 0 Å². The smallest absolute Gasteiger partial charge is 0.0431 e. The molecule has 0 atom stereocenters. The lowest BCUT2D eigenvalue weighted by Crippen LogP contribution is -2.25. The minimum Gasteiger partial charge on any atom is -0.371 e. The van der Waals surface area contributed by atoms with Crippen LogP contribution in [-0.4, -0.2) is 18.0 Å². The number of allylic oxidation sites excluding steroid dienone is 2. The SMILES string of the molecule is C=C1CCCCC(c2ccc(C)cc2)=C1N(CC)CCCC. The molecule has 0 saturated carbocycles. The molecule has 0 unspecified atom stereocenters. The van der Waals surface area contributed by atoms with Crippen molar-refractivity contribution in [2.24, 2.45) is 0 Å². The number of rotatable bonds is 6. The largest absolute Gasteiger partial charge is 0.371 e. The molecule has 120 valence electrons. The number of benzene rings is 1. The van der Waals surface area contributed by atoms with Gasteiger partial charge in [-0.1, -0.05) is 49.8 Å². The van der Waals surface area contributed by atoms with E-state index in [1.807, 2.05) is 0 Å². The summed E-state index contributed by atoms with van der Waals surface area (Å²) < 4.78 is 0. The van der Waals surface area contributed by atoms with Crippen molar-refractivity contribution in [3.05, 3.63) is 53.2 Å². The Labute approximate surface area is 136 Å². The molecule has 1 aromatic carbocycles. The number of nitrogens with zero attached hydrogens (tertiary/aromatic N) is 1. The highest BCUT2D eigenvalue weighted by Crippen LogP contribution is 2.35. The molecule has 22 heavy (non-hydrogen) atoms. The van der Waals surface area contributed by atoms with E-state index in [1.54, 1.807) is 0 Å². The summed E-state index contributed by atoms with van der Waals surface area (Å²) in [4.78, 5) is 2.56. The molecule has 0 aromatic heterocycles. The van der Waals surface area contributed by atoms with E-state index in [-0.39, 0.29) is 0 Å². The first-order valence-electron chi connectivity index (χ1n) is 8.90. The fourth-order valence-electron chi connectivity index (χ4n) is 3.32. The van der Waals surface area contributed by atoms with E-state index < -0.39 is 0 Å². The lowest BCUT2D eigenvalue weighted by Gasteiger charge is -2.29. The molecule has 0 saturated heterocycles. The fourth-order valence-corrected chi connectivity index (χ4v) is 3.32. The van der Waals surface area contributed by atoms with Gasteiger partial charge in [0.15, 0.2) is 0 Å². The molecule has 1 heteroatoms. The Morgan fingerprint density at radius 1 is 1.05 bits per heavy atom. The first-order valence-corrected chi connectivity index (χ1v) is 8.90. The molecule has 1 aliphatic rings. The number of likely N-dealkylation sites (N-methyl/N-ethyl adjacent to an activating group) is 1. The molecule has 0 aliphatic heterocycles. The minimum absolute atomic E-state index is 1.07. The summed E-state index contributed by atoms with van der Waals surface area (Å²) in [6.45, 7) is 13.3. The first-order chi connectivity index (χ1) is 10.7. The van der Waals surface area contributed by atoms with Crippen molar-refractivity contribution < 1.29 is 0 Å². The Bertz CT molecular complexity index is 521. The van der Waals surface area contributed by atoms with Crippen LogP contribution in [0, 0.1) is 6.92 Å². The van der Waals surface area contributed by atoms with E-state index in [4.69, 9.17) is 0 Å². The van der Waals surface area contributed by atoms with Crippen LogP contribution in [0.3, 0.4) is 0 Å². The summed E-state index contributed by atoms with van der Waals surface area (Å²) in [6, 6.07) is 9.04. The third-order valence-electron chi connectivity index (χ3n) is 4.66. The van der Waals surface area contributed by atoms with Crippen molar-refractivity contribution in [2.45, 2.75) is 59.3 Å². The van der Waals surface area contributed by atoms with Gasteiger partial charge in [0.05, 0.1) is 0 Å². The first kappa shape index (κ1) is 16.9. The van der Waals surface area contributed by atoms with Gasteiger partial charge in [-0.05, 0) is 62.7 Å². The number of unbranched alkanes of at least 4 members (excludes halogenated alkanes) is 1. The van der Waals surface area contributed by atoms with Gasteiger partial charge in [-0.2, -0.15) is 0 Å². The normalized spacial score (nSPS) is 15.9. The molecule has 0 amide bonds. The van der Waals surface area contributed by atoms with Crippen molar-refractivity contribution in [3.8, 4) is 0 Å². The van der Waals surface area contributed by atoms with Gasteiger partial charge in [-0.3, -0.25) is 0 Å². The van der Waals surface area contributed by atoms with E-state index in [9.17, 15) is 0 Å². The predicted molar refractivity (Wildman–Crippen MR) is 97.9 cm³/mol. The van der Waals surface area contributed by atoms with Crippen LogP contribution >= 0.6 is 0 Å². The highest BCUT2D eigenvalue weighted by atomic mass is 15.1. The predicted octanol–water partition coefficient (Wildman–Crippen LogP) is 5.96. The molecular formula is C21H31N. The van der Waals surface area contributed by atoms with Gasteiger partial charge < -0.3 is 4.90 Å². The van der Waals surface area contributed by atoms with Crippen LogP contribution in [-0.2, 0) is 0 Å². The maximum absolute atomic E-state index is 4.43. The van der Waals surface area contributed by atoms with Crippen LogP contribution in [0.25, 0.3) is 5.57 Å². The standard InChI is InChI=1S/C21H31N/c1-5-7-16-22(6-2)21-18(4)10-8-9-11-20(21)19-14-12-17(3)13-15-19/h12-15H,4-11,16H2,1-3H3. The number of aryl methyl sites for hydroxylation is 1. The Morgan fingerprint density at radius 2 is 1.73 bits per heavy atom. The van der Waals surface area contributed by atoms with Crippen molar-refractivity contribution in [2.75, 3.05) is 13.1 Å². The van der Waals surface area contributed by atoms with E-state index in [0.29, 0.717) is 0 Å². The third-order valence-corrected chi connectivity index (χ3v) is 4.66. The maximum Gasteiger partial charge on any atom is 0.0431 e. The highest BCUT2D eigenvalue weighted by Gasteiger charge is 2.20. The average Bonchev–Trinajstić information content (AvgIpc) is 2.71. The second-order valence-electron chi connectivity index (χ2n) is 6.44. The van der Waals surface area contributed by atoms with Crippen molar-refractivity contribution in [1.29, 1.82) is 0 Å². The lowest BCUT2D eigenvalue weighted by molar-refractivity contribution is 0.360. The summed E-state index contributed by atoms with van der Waals surface area (Å²) in [7, 11) is 0. The monoisotopic (exact) mass is 297 g/mol. The highest BCUT2D eigenvalue weighted by molar-refractivity contribution is 5.72. The molecule has 0 fully saturated rings. The van der Waals surface area contributed by atoms with Gasteiger partial charge in [0.25, 0.3) is 0 Å². The maximum atomic E-state index is 4.43. The number of hydrogen-bond acceptors (Lipinski definition) is 1. The van der Waals surface area contributed by atoms with Gasteiger partial charge in [-0.15, -0.1) is 0 Å². The average molecular weight is 297 g/mol. The Balaban J connectivity index is 2.44. The summed E-state index contributed by atoms with van der Waals surface area (Å²) in [5, 5.41) is 0. The van der Waals surface area contributed by atoms with Gasteiger partial charge in [-0.25, -0.2) is 0 Å². The topological polar surface area (TPSA) is 3.24 Å². The van der Waals surface area contributed by atoms with E-state index in [2.05, 4.69) is 56.5 Å². The van der Waals surface area contributed by atoms with Gasteiger partial charge in [0.1, 0.15) is 0 Å². The molecule has 0 radical (unpaired) electrons. The van der Waals surface area contributed by atoms with Crippen molar-refractivity contribution in [3.63, 3.8) is 0 Å². The molecule has 0 bridgehead atoms. The van der Waals surface area contributed by atoms with Crippen molar-refractivity contribution in [1.82, 2.24) is 4.90 Å². The van der Waals surface area contributed by atoms with E-state index in [0.717, 1.165) is 19.5 Å². The lowest BCUT2D eigenvalue weighted by atomic mass is 9.96. The summed E-state index contributed by atoms with van der Waals surface area (Å²) in [5.74, 6) is 0. The molecule has 1 aromatic rings.